The largest absolute Gasteiger partial charge is 0.417 e. The number of rotatable bonds is 5. The molecule has 0 saturated heterocycles. The highest BCUT2D eigenvalue weighted by Gasteiger charge is 2.34. The van der Waals surface area contributed by atoms with Gasteiger partial charge in [-0.15, -0.1) is 0 Å². The predicted molar refractivity (Wildman–Crippen MR) is 97.7 cm³/mol. The Morgan fingerprint density at radius 1 is 1.00 bits per heavy atom. The fraction of sp³-hybridized carbons (Fsp3) is 0.316. The van der Waals surface area contributed by atoms with Crippen molar-refractivity contribution < 1.29 is 18.0 Å². The first kappa shape index (κ1) is 19.2. The molecule has 0 aliphatic heterocycles. The molecule has 1 amide bonds. The summed E-state index contributed by atoms with van der Waals surface area (Å²) in [5.41, 5.74) is 0.229. The molecule has 2 aromatic rings. The van der Waals surface area contributed by atoms with Gasteiger partial charge in [0.1, 0.15) is 0 Å². The molecule has 2 rings (SSSR count). The van der Waals surface area contributed by atoms with Gasteiger partial charge in [0.05, 0.1) is 11.1 Å². The molecule has 0 saturated carbocycles. The minimum absolute atomic E-state index is 0.366. The van der Waals surface area contributed by atoms with E-state index in [4.69, 9.17) is 0 Å². The van der Waals surface area contributed by atoms with Crippen molar-refractivity contribution in [1.29, 1.82) is 0 Å². The quantitative estimate of drug-likeness (QED) is 0.663. The molecule has 134 valence electrons. The molecule has 0 bridgehead atoms. The molecule has 0 spiro atoms. The Hall–Kier alpha value is -2.08. The molecule has 0 aromatic heterocycles. The molecule has 0 aliphatic rings. The molecule has 0 radical (unpaired) electrons. The van der Waals surface area contributed by atoms with Crippen molar-refractivity contribution in [2.24, 2.45) is 0 Å². The van der Waals surface area contributed by atoms with Crippen molar-refractivity contribution >= 4 is 19.7 Å². The molecule has 6 heteroatoms. The van der Waals surface area contributed by atoms with Crippen molar-refractivity contribution in [3.8, 4) is 0 Å². The number of anilines is 1. The molecule has 0 fully saturated rings. The van der Waals surface area contributed by atoms with Crippen LogP contribution < -0.4 is 5.32 Å². The lowest BCUT2D eigenvalue weighted by Gasteiger charge is -2.18. The third-order valence-corrected chi connectivity index (χ3v) is 5.64. The maximum Gasteiger partial charge on any atom is 0.417 e. The van der Waals surface area contributed by atoms with Crippen LogP contribution in [0.5, 0.6) is 0 Å². The Morgan fingerprint density at radius 3 is 2.24 bits per heavy atom. The highest BCUT2D eigenvalue weighted by Crippen LogP contribution is 2.32. The molecule has 0 heterocycles. The Labute approximate surface area is 147 Å². The van der Waals surface area contributed by atoms with E-state index in [9.17, 15) is 18.0 Å². The number of para-hydroxylation sites is 1. The normalized spacial score (nSPS) is 12.1. The van der Waals surface area contributed by atoms with Gasteiger partial charge in [-0.05, 0) is 30.2 Å². The summed E-state index contributed by atoms with van der Waals surface area (Å²) in [6, 6.07) is 13.2. The molecule has 1 N–H and O–H groups in total. The van der Waals surface area contributed by atoms with E-state index in [0.717, 1.165) is 24.1 Å². The first-order chi connectivity index (χ1) is 11.6. The second-order valence-corrected chi connectivity index (χ2v) is 12.8. The number of aryl methyl sites for hydroxylation is 1. The fourth-order valence-electron chi connectivity index (χ4n) is 2.49. The Kier molecular flexibility index (Phi) is 5.72. The number of hydrogen-bond acceptors (Lipinski definition) is 1. The van der Waals surface area contributed by atoms with Crippen molar-refractivity contribution in [3.05, 3.63) is 65.2 Å². The SMILES string of the molecule is C[Si](C)(C)CCc1ccccc1NC(=O)c1ccccc1C(F)(F)F. The van der Waals surface area contributed by atoms with Crippen LogP contribution >= 0.6 is 0 Å². The molecule has 0 aliphatic carbocycles. The molecule has 0 unspecified atom stereocenters. The van der Waals surface area contributed by atoms with Crippen LogP contribution in [0.25, 0.3) is 0 Å². The van der Waals surface area contributed by atoms with Crippen molar-refractivity contribution in [2.75, 3.05) is 5.32 Å². The Bertz CT molecular complexity index is 751. The summed E-state index contributed by atoms with van der Waals surface area (Å²) in [6.07, 6.45) is -3.77. The number of hydrogen-bond donors (Lipinski definition) is 1. The second-order valence-electron chi connectivity index (χ2n) is 7.22. The molecule has 0 atom stereocenters. The van der Waals surface area contributed by atoms with Crippen molar-refractivity contribution in [1.82, 2.24) is 0 Å². The number of amides is 1. The van der Waals surface area contributed by atoms with E-state index in [0.29, 0.717) is 5.69 Å². The maximum atomic E-state index is 13.1. The number of nitrogens with one attached hydrogen (secondary N) is 1. The van der Waals surface area contributed by atoms with Gasteiger partial charge in [-0.3, -0.25) is 4.79 Å². The van der Waals surface area contributed by atoms with E-state index in [1.807, 2.05) is 12.1 Å². The fourth-order valence-corrected chi connectivity index (χ4v) is 3.51. The number of carbonyl (C=O) groups is 1. The van der Waals surface area contributed by atoms with E-state index < -0.39 is 25.7 Å². The number of halogens is 3. The number of carbonyl (C=O) groups excluding carboxylic acids is 1. The number of alkyl halides is 3. The van der Waals surface area contributed by atoms with Crippen LogP contribution in [0.3, 0.4) is 0 Å². The molecular formula is C19H22F3NOSi. The van der Waals surface area contributed by atoms with Crippen LogP contribution in [0.4, 0.5) is 18.9 Å². The standard InChI is InChI=1S/C19H22F3NOSi/c1-25(2,3)13-12-14-8-4-7-11-17(14)23-18(24)15-9-5-6-10-16(15)19(20,21)22/h4-11H,12-13H2,1-3H3,(H,23,24). The summed E-state index contributed by atoms with van der Waals surface area (Å²) in [7, 11) is -1.26. The third kappa shape index (κ3) is 5.46. The van der Waals surface area contributed by atoms with Crippen LogP contribution in [-0.4, -0.2) is 14.0 Å². The van der Waals surface area contributed by atoms with E-state index in [1.54, 1.807) is 12.1 Å². The number of benzene rings is 2. The van der Waals surface area contributed by atoms with Crippen LogP contribution in [0, 0.1) is 0 Å². The average molecular weight is 365 g/mol. The van der Waals surface area contributed by atoms with E-state index in [1.165, 1.54) is 18.2 Å². The van der Waals surface area contributed by atoms with Crippen LogP contribution in [0.2, 0.25) is 25.7 Å². The van der Waals surface area contributed by atoms with Crippen molar-refractivity contribution in [3.63, 3.8) is 0 Å². The van der Waals surface area contributed by atoms with Gasteiger partial charge in [0, 0.05) is 13.8 Å². The summed E-state index contributed by atoms with van der Waals surface area (Å²) in [5, 5.41) is 2.65. The molecule has 25 heavy (non-hydrogen) atoms. The minimum atomic E-state index is -4.56. The van der Waals surface area contributed by atoms with Gasteiger partial charge in [-0.2, -0.15) is 13.2 Å². The van der Waals surface area contributed by atoms with Gasteiger partial charge < -0.3 is 5.32 Å². The first-order valence-electron chi connectivity index (χ1n) is 8.13. The highest BCUT2D eigenvalue weighted by atomic mass is 28.3. The monoisotopic (exact) mass is 365 g/mol. The van der Waals surface area contributed by atoms with Gasteiger partial charge in [0.25, 0.3) is 5.91 Å². The lowest BCUT2D eigenvalue weighted by molar-refractivity contribution is -0.137. The first-order valence-corrected chi connectivity index (χ1v) is 11.8. The van der Waals surface area contributed by atoms with Crippen LogP contribution in [0.15, 0.2) is 48.5 Å². The lowest BCUT2D eigenvalue weighted by atomic mass is 10.1. The van der Waals surface area contributed by atoms with E-state index in [-0.39, 0.29) is 5.56 Å². The van der Waals surface area contributed by atoms with Gasteiger partial charge in [0.15, 0.2) is 0 Å². The average Bonchev–Trinajstić information content (AvgIpc) is 2.52. The third-order valence-electron chi connectivity index (χ3n) is 3.89. The highest BCUT2D eigenvalue weighted by molar-refractivity contribution is 6.76. The maximum absolute atomic E-state index is 13.1. The summed E-state index contributed by atoms with van der Waals surface area (Å²) in [6.45, 7) is 6.77. The molecule has 2 nitrogen and oxygen atoms in total. The summed E-state index contributed by atoms with van der Waals surface area (Å²) in [5.74, 6) is -0.742. The molecule has 2 aromatic carbocycles. The van der Waals surface area contributed by atoms with Gasteiger partial charge >= 0.3 is 6.18 Å². The zero-order chi connectivity index (χ0) is 18.7. The Morgan fingerprint density at radius 2 is 1.60 bits per heavy atom. The van der Waals surface area contributed by atoms with Crippen molar-refractivity contribution in [2.45, 2.75) is 38.3 Å². The van der Waals surface area contributed by atoms with Gasteiger partial charge in [-0.1, -0.05) is 56.0 Å². The van der Waals surface area contributed by atoms with Gasteiger partial charge in [-0.25, -0.2) is 0 Å². The zero-order valence-electron chi connectivity index (χ0n) is 14.6. The smallest absolute Gasteiger partial charge is 0.322 e. The lowest BCUT2D eigenvalue weighted by Crippen LogP contribution is -2.21. The van der Waals surface area contributed by atoms with E-state index in [2.05, 4.69) is 25.0 Å². The molecular weight excluding hydrogens is 343 g/mol. The predicted octanol–water partition coefficient (Wildman–Crippen LogP) is 5.84. The van der Waals surface area contributed by atoms with E-state index >= 15 is 0 Å². The van der Waals surface area contributed by atoms with Gasteiger partial charge in [0.2, 0.25) is 0 Å². The Balaban J connectivity index is 2.25. The van der Waals surface area contributed by atoms with Crippen LogP contribution in [-0.2, 0) is 12.6 Å². The minimum Gasteiger partial charge on any atom is -0.322 e. The summed E-state index contributed by atoms with van der Waals surface area (Å²) in [4.78, 5) is 12.4. The summed E-state index contributed by atoms with van der Waals surface area (Å²) >= 11 is 0. The second kappa shape index (κ2) is 7.43. The topological polar surface area (TPSA) is 29.1 Å². The van der Waals surface area contributed by atoms with Crippen LogP contribution in [0.1, 0.15) is 21.5 Å². The zero-order valence-corrected chi connectivity index (χ0v) is 15.6. The summed E-state index contributed by atoms with van der Waals surface area (Å²) < 4.78 is 39.3.